The fraction of sp³-hybridized carbons (Fsp3) is 0.304. The number of para-hydroxylation sites is 2. The molecule has 32 heavy (non-hydrogen) atoms. The van der Waals surface area contributed by atoms with Crippen LogP contribution in [0.2, 0.25) is 0 Å². The molecule has 1 N–H and O–H groups in total. The predicted molar refractivity (Wildman–Crippen MR) is 124 cm³/mol. The highest BCUT2D eigenvalue weighted by molar-refractivity contribution is 9.10. The number of nitrogens with zero attached hydrogens (tertiary/aromatic N) is 3. The van der Waals surface area contributed by atoms with Gasteiger partial charge in [-0.05, 0) is 53.0 Å². The maximum Gasteiger partial charge on any atom is 0.411 e. The van der Waals surface area contributed by atoms with Gasteiger partial charge in [-0.25, -0.2) is 13.9 Å². The zero-order valence-corrected chi connectivity index (χ0v) is 19.2. The second-order valence-electron chi connectivity index (χ2n) is 7.72. The average molecular weight is 503 g/mol. The van der Waals surface area contributed by atoms with Crippen molar-refractivity contribution in [2.75, 3.05) is 18.4 Å². The molecule has 1 amide bonds. The Morgan fingerprint density at radius 3 is 2.47 bits per heavy atom. The van der Waals surface area contributed by atoms with Gasteiger partial charge < -0.3 is 4.74 Å². The molecule has 1 saturated heterocycles. The summed E-state index contributed by atoms with van der Waals surface area (Å²) in [4.78, 5) is 27.1. The number of ether oxygens (including phenoxy) is 1. The minimum absolute atomic E-state index is 0.100. The van der Waals surface area contributed by atoms with Crippen LogP contribution >= 0.6 is 15.9 Å². The van der Waals surface area contributed by atoms with E-state index < -0.39 is 11.9 Å². The summed E-state index contributed by atoms with van der Waals surface area (Å²) in [5.41, 5.74) is 1.69. The van der Waals surface area contributed by atoms with E-state index in [2.05, 4.69) is 26.1 Å². The molecule has 4 rings (SSSR count). The minimum Gasteiger partial charge on any atom is -0.446 e. The zero-order chi connectivity index (χ0) is 22.7. The molecule has 1 fully saturated rings. The number of carbonyl (C=O) groups is 1. The number of likely N-dealkylation sites (tertiary alicyclic amines) is 1. The first-order chi connectivity index (χ1) is 15.4. The molecule has 9 heteroatoms. The molecule has 0 saturated carbocycles. The van der Waals surface area contributed by atoms with Crippen molar-refractivity contribution >= 4 is 27.7 Å². The lowest BCUT2D eigenvalue weighted by molar-refractivity contribution is 0.0558. The van der Waals surface area contributed by atoms with Gasteiger partial charge in [-0.2, -0.15) is 0 Å². The molecule has 0 radical (unpaired) electrons. The first kappa shape index (κ1) is 22.3. The Bertz CT molecular complexity index is 1150. The minimum atomic E-state index is -0.654. The van der Waals surface area contributed by atoms with Crippen molar-refractivity contribution in [3.8, 4) is 5.69 Å². The van der Waals surface area contributed by atoms with E-state index in [0.717, 1.165) is 24.5 Å². The van der Waals surface area contributed by atoms with E-state index in [-0.39, 0.29) is 17.4 Å². The number of piperidine rings is 1. The number of halogens is 2. The number of anilines is 1. The van der Waals surface area contributed by atoms with Gasteiger partial charge in [0.1, 0.15) is 16.4 Å². The van der Waals surface area contributed by atoms with E-state index in [4.69, 9.17) is 4.74 Å². The van der Waals surface area contributed by atoms with Crippen LogP contribution in [0, 0.1) is 5.82 Å². The average Bonchev–Trinajstić information content (AvgIpc) is 3.00. The number of carbonyl (C=O) groups excluding carboxylic acids is 1. The Kier molecular flexibility index (Phi) is 6.76. The molecule has 1 aromatic heterocycles. The van der Waals surface area contributed by atoms with Crippen LogP contribution in [0.4, 0.5) is 14.9 Å². The van der Waals surface area contributed by atoms with Gasteiger partial charge in [0, 0.05) is 26.7 Å². The number of nitrogens with one attached hydrogen (secondary N) is 1. The maximum atomic E-state index is 13.7. The summed E-state index contributed by atoms with van der Waals surface area (Å²) in [6, 6.07) is 15.5. The van der Waals surface area contributed by atoms with Crippen molar-refractivity contribution < 1.29 is 13.9 Å². The summed E-state index contributed by atoms with van der Waals surface area (Å²) in [6.07, 6.45) is 0.434. The highest BCUT2D eigenvalue weighted by atomic mass is 79.9. The Morgan fingerprint density at radius 2 is 1.78 bits per heavy atom. The number of hydrogen-bond acceptors (Lipinski definition) is 4. The van der Waals surface area contributed by atoms with Crippen LogP contribution in [0.15, 0.2) is 63.9 Å². The van der Waals surface area contributed by atoms with Gasteiger partial charge in [0.15, 0.2) is 0 Å². The Balaban J connectivity index is 1.35. The predicted octanol–water partition coefficient (Wildman–Crippen LogP) is 4.29. The van der Waals surface area contributed by atoms with Gasteiger partial charge in [-0.3, -0.25) is 19.7 Å². The van der Waals surface area contributed by atoms with Crippen LogP contribution in [0.3, 0.4) is 0 Å². The fourth-order valence-corrected chi connectivity index (χ4v) is 4.45. The van der Waals surface area contributed by atoms with Crippen LogP contribution < -0.4 is 10.9 Å². The molecule has 7 nitrogen and oxygen atoms in total. The van der Waals surface area contributed by atoms with Crippen molar-refractivity contribution in [3.05, 3.63) is 80.9 Å². The van der Waals surface area contributed by atoms with E-state index in [0.29, 0.717) is 23.9 Å². The molecule has 1 aliphatic heterocycles. The number of hydrogen-bond donors (Lipinski definition) is 1. The van der Waals surface area contributed by atoms with Crippen molar-refractivity contribution in [2.24, 2.45) is 7.05 Å². The number of aromatic nitrogens is 2. The first-order valence-electron chi connectivity index (χ1n) is 10.4. The SMILES string of the molecule is Cn1c(CN2CCC(OC(=O)Nc3ccccc3F)CC2)c(Br)c(=O)n1-c1ccccc1. The first-order valence-corrected chi connectivity index (χ1v) is 11.2. The summed E-state index contributed by atoms with van der Waals surface area (Å²) >= 11 is 3.47. The molecule has 2 heterocycles. The molecule has 3 aromatic rings. The van der Waals surface area contributed by atoms with E-state index in [9.17, 15) is 14.0 Å². The van der Waals surface area contributed by atoms with Crippen molar-refractivity contribution in [1.29, 1.82) is 0 Å². The summed E-state index contributed by atoms with van der Waals surface area (Å²) in [6.45, 7) is 2.03. The van der Waals surface area contributed by atoms with Crippen LogP contribution in [0.5, 0.6) is 0 Å². The van der Waals surface area contributed by atoms with E-state index >= 15 is 0 Å². The zero-order valence-electron chi connectivity index (χ0n) is 17.6. The van der Waals surface area contributed by atoms with Crippen molar-refractivity contribution in [3.63, 3.8) is 0 Å². The summed E-state index contributed by atoms with van der Waals surface area (Å²) < 4.78 is 23.2. The second-order valence-corrected chi connectivity index (χ2v) is 8.52. The third kappa shape index (κ3) is 4.78. The van der Waals surface area contributed by atoms with Crippen molar-refractivity contribution in [2.45, 2.75) is 25.5 Å². The van der Waals surface area contributed by atoms with E-state index in [1.54, 1.807) is 16.8 Å². The molecule has 0 bridgehead atoms. The Morgan fingerprint density at radius 1 is 1.12 bits per heavy atom. The van der Waals surface area contributed by atoms with Crippen molar-refractivity contribution in [1.82, 2.24) is 14.3 Å². The van der Waals surface area contributed by atoms with Gasteiger partial charge >= 0.3 is 6.09 Å². The lowest BCUT2D eigenvalue weighted by Crippen LogP contribution is -2.38. The quantitative estimate of drug-likeness (QED) is 0.564. The Hall–Kier alpha value is -2.91. The molecule has 0 atom stereocenters. The van der Waals surface area contributed by atoms with Gasteiger partial charge in [-0.15, -0.1) is 0 Å². The van der Waals surface area contributed by atoms with Crippen LogP contribution in [-0.4, -0.2) is 39.6 Å². The fourth-order valence-electron chi connectivity index (χ4n) is 3.90. The Labute approximate surface area is 193 Å². The third-order valence-corrected chi connectivity index (χ3v) is 6.41. The summed E-state index contributed by atoms with van der Waals surface area (Å²) in [5.74, 6) is -0.502. The highest BCUT2D eigenvalue weighted by Gasteiger charge is 2.25. The maximum absolute atomic E-state index is 13.7. The number of amides is 1. The molecule has 2 aromatic carbocycles. The molecule has 0 unspecified atom stereocenters. The monoisotopic (exact) mass is 502 g/mol. The van der Waals surface area contributed by atoms with Gasteiger partial charge in [0.25, 0.3) is 5.56 Å². The number of benzene rings is 2. The molecule has 0 spiro atoms. The van der Waals surface area contributed by atoms with Gasteiger partial charge in [0.2, 0.25) is 0 Å². The standard InChI is InChI=1S/C23H24BrFN4O3/c1-27-20(21(24)22(30)29(27)16-7-3-2-4-8-16)15-28-13-11-17(12-14-28)32-23(31)26-19-10-6-5-9-18(19)25/h2-10,17H,11-15H2,1H3,(H,26,31). The topological polar surface area (TPSA) is 68.5 Å². The summed E-state index contributed by atoms with van der Waals surface area (Å²) in [5, 5.41) is 2.45. The normalized spacial score (nSPS) is 15.0. The number of rotatable bonds is 5. The smallest absolute Gasteiger partial charge is 0.411 e. The lowest BCUT2D eigenvalue weighted by atomic mass is 10.1. The molecular weight excluding hydrogens is 479 g/mol. The molecular formula is C23H24BrFN4O3. The van der Waals surface area contributed by atoms with Crippen LogP contribution in [0.1, 0.15) is 18.5 Å². The second kappa shape index (κ2) is 9.70. The molecule has 0 aliphatic carbocycles. The molecule has 1 aliphatic rings. The summed E-state index contributed by atoms with van der Waals surface area (Å²) in [7, 11) is 1.87. The van der Waals surface area contributed by atoms with Crippen LogP contribution in [0.25, 0.3) is 5.69 Å². The third-order valence-electron chi connectivity index (χ3n) is 5.62. The highest BCUT2D eigenvalue weighted by Crippen LogP contribution is 2.22. The van der Waals surface area contributed by atoms with Gasteiger partial charge in [0.05, 0.1) is 17.1 Å². The van der Waals surface area contributed by atoms with E-state index in [1.807, 2.05) is 42.1 Å². The van der Waals surface area contributed by atoms with Gasteiger partial charge in [-0.1, -0.05) is 30.3 Å². The van der Waals surface area contributed by atoms with E-state index in [1.165, 1.54) is 12.1 Å². The largest absolute Gasteiger partial charge is 0.446 e. The lowest BCUT2D eigenvalue weighted by Gasteiger charge is -2.31. The molecule has 168 valence electrons. The van der Waals surface area contributed by atoms with Crippen LogP contribution in [-0.2, 0) is 18.3 Å².